The highest BCUT2D eigenvalue weighted by atomic mass is 33.1. The van der Waals surface area contributed by atoms with E-state index in [1.54, 1.807) is 64.8 Å². The number of aliphatic hydroxyl groups is 2. The van der Waals surface area contributed by atoms with E-state index >= 15 is 0 Å². The van der Waals surface area contributed by atoms with Crippen LogP contribution in [0.3, 0.4) is 0 Å². The van der Waals surface area contributed by atoms with Crippen molar-refractivity contribution >= 4 is 134 Å². The summed E-state index contributed by atoms with van der Waals surface area (Å²) in [6.45, 7) is 26.5. The number of nitrogens with one attached hydrogen (secondary N) is 8. The van der Waals surface area contributed by atoms with Crippen LogP contribution in [-0.4, -0.2) is 333 Å². The number of amides is 4. The highest BCUT2D eigenvalue weighted by molar-refractivity contribution is 8.77. The number of hydrogen-bond acceptors (Lipinski definition) is 32. The summed E-state index contributed by atoms with van der Waals surface area (Å²) in [4.78, 5) is 105. The van der Waals surface area contributed by atoms with Crippen LogP contribution >= 0.6 is 86.4 Å². The number of carbonyl (C=O) groups excluding carboxylic acids is 8. The fourth-order valence-corrected chi connectivity index (χ4v) is 17.6. The first-order valence-electron chi connectivity index (χ1n) is 40.2. The molecule has 28 nitrogen and oxygen atoms in total. The molecule has 14 N–H and O–H groups in total. The van der Waals surface area contributed by atoms with Gasteiger partial charge in [0.2, 0.25) is 23.6 Å². The Morgan fingerprint density at radius 2 is 0.679 bits per heavy atom. The lowest BCUT2D eigenvalue weighted by atomic mass is 10.2. The Bertz CT molecular complexity index is 2080. The van der Waals surface area contributed by atoms with Gasteiger partial charge in [-0.3, -0.25) is 38.4 Å². The van der Waals surface area contributed by atoms with Crippen LogP contribution in [0.25, 0.3) is 0 Å². The summed E-state index contributed by atoms with van der Waals surface area (Å²) in [5.41, 5.74) is 10.8. The average Bonchev–Trinajstić information content (AvgIpc) is 1.98. The van der Waals surface area contributed by atoms with Crippen LogP contribution in [0, 0.1) is 0 Å². The summed E-state index contributed by atoms with van der Waals surface area (Å²) in [6.07, 6.45) is 17.7. The maximum Gasteiger partial charge on any atom is 0.307 e. The third-order valence-corrected chi connectivity index (χ3v) is 26.0. The maximum absolute atomic E-state index is 12.4. The van der Waals surface area contributed by atoms with Gasteiger partial charge in [0.05, 0.1) is 45.7 Å². The van der Waals surface area contributed by atoms with Gasteiger partial charge in [0.1, 0.15) is 0 Å². The van der Waals surface area contributed by atoms with E-state index in [-0.39, 0.29) is 73.6 Å². The molecule has 0 aromatic rings. The molecule has 36 heteroatoms. The van der Waals surface area contributed by atoms with E-state index < -0.39 is 0 Å². The highest BCUT2D eigenvalue weighted by Crippen LogP contribution is 2.22. The quantitative estimate of drug-likeness (QED) is 0.0152. The molecule has 2 fully saturated rings. The van der Waals surface area contributed by atoms with Crippen molar-refractivity contribution in [2.24, 2.45) is 11.5 Å². The van der Waals surface area contributed by atoms with Gasteiger partial charge in [0, 0.05) is 197 Å². The van der Waals surface area contributed by atoms with Crippen LogP contribution in [0.5, 0.6) is 0 Å². The van der Waals surface area contributed by atoms with Crippen molar-refractivity contribution in [2.75, 3.05) is 256 Å². The molecule has 2 heterocycles. The second-order valence-electron chi connectivity index (χ2n) is 25.9. The van der Waals surface area contributed by atoms with Crippen LogP contribution in [0.1, 0.15) is 162 Å². The van der Waals surface area contributed by atoms with E-state index in [0.29, 0.717) is 176 Å². The van der Waals surface area contributed by atoms with E-state index in [1.165, 1.54) is 71.0 Å². The smallest absolute Gasteiger partial charge is 0.307 e. The lowest BCUT2D eigenvalue weighted by Gasteiger charge is -2.21. The third kappa shape index (κ3) is 81.0. The molecule has 4 amide bonds. The fourth-order valence-electron chi connectivity index (χ4n) is 10.4. The topological polar surface area (TPSA) is 375 Å². The molecule has 0 aliphatic carbocycles. The first kappa shape index (κ1) is 107. The monoisotopic (exact) mass is 1700 g/mol. The van der Waals surface area contributed by atoms with Crippen molar-refractivity contribution in [3.05, 3.63) is 0 Å². The average molecular weight is 1700 g/mol. The van der Waals surface area contributed by atoms with Crippen molar-refractivity contribution < 1.29 is 67.5 Å². The van der Waals surface area contributed by atoms with Crippen LogP contribution in [0.2, 0.25) is 0 Å². The van der Waals surface area contributed by atoms with Gasteiger partial charge >= 0.3 is 23.9 Å². The molecule has 0 aromatic carbocycles. The Hall–Kier alpha value is -1.92. The maximum atomic E-state index is 12.4. The van der Waals surface area contributed by atoms with E-state index in [2.05, 4.69) is 64.2 Å². The van der Waals surface area contributed by atoms with Crippen LogP contribution in [-0.2, 0) is 57.3 Å². The molecule has 0 aromatic heterocycles. The molecule has 0 atom stereocenters. The minimum absolute atomic E-state index is 0.0225. The van der Waals surface area contributed by atoms with E-state index in [9.17, 15) is 43.5 Å². The molecule has 0 spiro atoms. The number of likely N-dealkylation sites (tertiary alicyclic amines) is 2. The van der Waals surface area contributed by atoms with Crippen LogP contribution < -0.4 is 54.0 Å². The molecule has 0 radical (unpaired) electrons. The van der Waals surface area contributed by atoms with E-state index in [0.717, 1.165) is 138 Å². The summed E-state index contributed by atoms with van der Waals surface area (Å²) >= 11 is 0. The molecular weight excluding hydrogens is 1550 g/mol. The number of aliphatic hydroxyl groups excluding tert-OH is 2. The van der Waals surface area contributed by atoms with Gasteiger partial charge in [-0.2, -0.15) is 0 Å². The Balaban J connectivity index is 0.00000192. The predicted molar refractivity (Wildman–Crippen MR) is 463 cm³/mol. The van der Waals surface area contributed by atoms with Gasteiger partial charge in [0.25, 0.3) is 0 Å². The van der Waals surface area contributed by atoms with Crippen LogP contribution in [0.15, 0.2) is 0 Å². The summed E-state index contributed by atoms with van der Waals surface area (Å²) < 4.78 is 20.7. The van der Waals surface area contributed by atoms with E-state index in [4.69, 9.17) is 35.5 Å². The normalized spacial score (nSPS) is 12.8. The molecule has 2 aliphatic rings. The third-order valence-electron chi connectivity index (χ3n) is 16.3. The zero-order valence-electron chi connectivity index (χ0n) is 66.6. The molecular formula is C73H146N14O14S8. The van der Waals surface area contributed by atoms with Gasteiger partial charge in [-0.15, -0.1) is 0 Å². The van der Waals surface area contributed by atoms with Crippen molar-refractivity contribution in [1.82, 2.24) is 62.1 Å². The number of esters is 4. The van der Waals surface area contributed by atoms with Gasteiger partial charge < -0.3 is 103 Å². The lowest BCUT2D eigenvalue weighted by Crippen LogP contribution is -2.35. The van der Waals surface area contributed by atoms with Gasteiger partial charge in [-0.05, 0) is 168 Å². The molecule has 0 unspecified atom stereocenters. The molecule has 2 rings (SSSR count). The van der Waals surface area contributed by atoms with Crippen LogP contribution in [0.4, 0.5) is 0 Å². The standard InChI is InChI=1S/C37H73N9O5S4.C29H55N3O9S2.C7H18N2S2/c47-29-7-26-46(27-10-36(50)42-18-32-54-52-30-16-40-34(48)8-14-38-12-5-24-44-20-1-2-21-44)28-11-37(51)43-19-33-55-53-31-17-41-35(49)9-15-39-13-6-25-45-22-3-4-23-45;1-26(34)38-20-6-2-7-22-40-28(36)11-17-32(16-4-5-19-33)18-12-29(37)41-23-9-3-8-21-39-27(35)10-14-31-15-25-43-42-24-13-30;1-2-4-9-5-7-11-10-6-3-8/h38-39,47H,1-33H2,(H,40,48)(H,41,49)(H,42,50)(H,43,51);31,33H,2-25,30H2,1H3;9H,2-8H2,1H3. The number of carbonyl (C=O) groups is 8. The minimum atomic E-state index is -0.297. The molecule has 2 aliphatic heterocycles. The lowest BCUT2D eigenvalue weighted by molar-refractivity contribution is -0.145. The molecule has 109 heavy (non-hydrogen) atoms. The second kappa shape index (κ2) is 85.4. The SMILES string of the molecule is CC(=O)OCCCCCOC(=O)CCN(CCCCO)CCC(=O)OCCCCCOC(=O)CCNCCSSCCN.CCCNCCSSCCN.O=C(CCNCCCN1CCCC1)NCCSSCCNC(=O)CCN(CCCO)CCC(=O)NCCSSCCNC(=O)CCNCCCN1CCCC1. The summed E-state index contributed by atoms with van der Waals surface area (Å²) in [6, 6.07) is 0. The number of ether oxygens (including phenoxy) is 4. The summed E-state index contributed by atoms with van der Waals surface area (Å²) in [5, 5.41) is 43.5. The first-order valence-corrected chi connectivity index (χ1v) is 50.2. The number of hydrogen-bond donors (Lipinski definition) is 12. The Kier molecular flexibility index (Phi) is 83.9. The highest BCUT2D eigenvalue weighted by Gasteiger charge is 2.16. The van der Waals surface area contributed by atoms with Gasteiger partial charge in [-0.1, -0.05) is 93.3 Å². The minimum Gasteiger partial charge on any atom is -0.466 e. The fraction of sp³-hybridized carbons (Fsp3) is 0.890. The Morgan fingerprint density at radius 1 is 0.349 bits per heavy atom. The van der Waals surface area contributed by atoms with Crippen molar-refractivity contribution in [1.29, 1.82) is 0 Å². The summed E-state index contributed by atoms with van der Waals surface area (Å²) in [5.74, 6) is 6.38. The predicted octanol–water partition coefficient (Wildman–Crippen LogP) is 5.63. The Morgan fingerprint density at radius 3 is 1.06 bits per heavy atom. The van der Waals surface area contributed by atoms with Gasteiger partial charge in [-0.25, -0.2) is 0 Å². The Labute approximate surface area is 687 Å². The number of nitrogens with zero attached hydrogens (tertiary/aromatic N) is 4. The zero-order chi connectivity index (χ0) is 79.6. The summed E-state index contributed by atoms with van der Waals surface area (Å²) in [7, 11) is 14.0. The largest absolute Gasteiger partial charge is 0.466 e. The zero-order valence-corrected chi connectivity index (χ0v) is 73.1. The van der Waals surface area contributed by atoms with Crippen molar-refractivity contribution in [2.45, 2.75) is 162 Å². The second-order valence-corrected chi connectivity index (χ2v) is 36.7. The molecule has 2 saturated heterocycles. The van der Waals surface area contributed by atoms with E-state index in [1.807, 2.05) is 26.5 Å². The van der Waals surface area contributed by atoms with Crippen molar-refractivity contribution in [3.63, 3.8) is 0 Å². The number of nitrogens with two attached hydrogens (primary N) is 2. The molecule has 0 saturated carbocycles. The number of rotatable bonds is 76. The van der Waals surface area contributed by atoms with Crippen molar-refractivity contribution in [3.8, 4) is 0 Å². The number of unbranched alkanes of at least 4 members (excludes halogenated alkanes) is 5. The molecule has 640 valence electrons. The first-order chi connectivity index (χ1) is 53.3. The van der Waals surface area contributed by atoms with Gasteiger partial charge in [0.15, 0.2) is 0 Å². The molecule has 0 bridgehead atoms.